The fourth-order valence-electron chi connectivity index (χ4n) is 1.94. The number of ether oxygens (including phenoxy) is 2. The molecule has 2 aliphatic heterocycles. The molecule has 80 valence electrons. The molecule has 2 aliphatic rings. The summed E-state index contributed by atoms with van der Waals surface area (Å²) in [6.07, 6.45) is 0. The van der Waals surface area contributed by atoms with Gasteiger partial charge in [-0.3, -0.25) is 0 Å². The van der Waals surface area contributed by atoms with Gasteiger partial charge >= 0.3 is 0 Å². The molecule has 0 radical (unpaired) electrons. The van der Waals surface area contributed by atoms with E-state index in [2.05, 4.69) is 17.4 Å². The van der Waals surface area contributed by atoms with Gasteiger partial charge in [0.1, 0.15) is 0 Å². The predicted molar refractivity (Wildman–Crippen MR) is 60.6 cm³/mol. The summed E-state index contributed by atoms with van der Waals surface area (Å²) in [5.74, 6) is 2.94. The number of fused-ring (bicyclic) bond motifs is 1. The topological polar surface area (TPSA) is 30.5 Å². The Morgan fingerprint density at radius 1 is 1.33 bits per heavy atom. The van der Waals surface area contributed by atoms with Gasteiger partial charge in [-0.25, -0.2) is 0 Å². The molecule has 1 aromatic rings. The second-order valence-electron chi connectivity index (χ2n) is 3.76. The molecule has 3 nitrogen and oxygen atoms in total. The molecule has 2 heterocycles. The van der Waals surface area contributed by atoms with Crippen LogP contribution in [-0.4, -0.2) is 25.6 Å². The van der Waals surface area contributed by atoms with E-state index in [0.29, 0.717) is 18.1 Å². The van der Waals surface area contributed by atoms with Crippen molar-refractivity contribution >= 4 is 11.8 Å². The minimum absolute atomic E-state index is 0.353. The summed E-state index contributed by atoms with van der Waals surface area (Å²) in [5, 5.41) is 3.88. The number of benzene rings is 1. The van der Waals surface area contributed by atoms with Crippen molar-refractivity contribution in [3.05, 3.63) is 23.8 Å². The molecule has 2 atom stereocenters. The Bertz CT molecular complexity index is 381. The Kier molecular flexibility index (Phi) is 2.25. The highest BCUT2D eigenvalue weighted by molar-refractivity contribution is 8.01. The SMILES string of the molecule is CNC1CSC1c1ccc2c(c1)OCO2. The zero-order valence-electron chi connectivity index (χ0n) is 8.53. The number of hydrogen-bond acceptors (Lipinski definition) is 4. The minimum Gasteiger partial charge on any atom is -0.454 e. The van der Waals surface area contributed by atoms with E-state index in [0.717, 1.165) is 11.5 Å². The van der Waals surface area contributed by atoms with Crippen molar-refractivity contribution in [2.75, 3.05) is 19.6 Å². The normalized spacial score (nSPS) is 27.5. The molecule has 1 aromatic carbocycles. The van der Waals surface area contributed by atoms with Crippen LogP contribution in [0.25, 0.3) is 0 Å². The highest BCUT2D eigenvalue weighted by atomic mass is 32.2. The zero-order valence-corrected chi connectivity index (χ0v) is 9.34. The van der Waals surface area contributed by atoms with Crippen LogP contribution in [0.2, 0.25) is 0 Å². The van der Waals surface area contributed by atoms with E-state index in [4.69, 9.17) is 9.47 Å². The van der Waals surface area contributed by atoms with Gasteiger partial charge in [-0.2, -0.15) is 11.8 Å². The van der Waals surface area contributed by atoms with Crippen molar-refractivity contribution in [3.63, 3.8) is 0 Å². The van der Waals surface area contributed by atoms with Crippen LogP contribution in [0.1, 0.15) is 10.8 Å². The van der Waals surface area contributed by atoms with Crippen molar-refractivity contribution in [2.45, 2.75) is 11.3 Å². The second kappa shape index (κ2) is 3.61. The van der Waals surface area contributed by atoms with Crippen molar-refractivity contribution < 1.29 is 9.47 Å². The molecule has 2 unspecified atom stereocenters. The number of likely N-dealkylation sites (N-methyl/N-ethyl adjacent to an activating group) is 1. The molecule has 0 amide bonds. The Labute approximate surface area is 93.1 Å². The Hall–Kier alpha value is -0.870. The summed E-state index contributed by atoms with van der Waals surface area (Å²) in [6, 6.07) is 6.83. The molecular weight excluding hydrogens is 210 g/mol. The lowest BCUT2D eigenvalue weighted by atomic mass is 10.0. The van der Waals surface area contributed by atoms with E-state index < -0.39 is 0 Å². The molecule has 1 saturated heterocycles. The molecule has 4 heteroatoms. The number of thioether (sulfide) groups is 1. The molecular formula is C11H13NO2S. The van der Waals surface area contributed by atoms with Gasteiger partial charge in [-0.15, -0.1) is 0 Å². The van der Waals surface area contributed by atoms with E-state index in [1.54, 1.807) is 0 Å². The largest absolute Gasteiger partial charge is 0.454 e. The first-order valence-electron chi connectivity index (χ1n) is 5.07. The third kappa shape index (κ3) is 1.48. The van der Waals surface area contributed by atoms with E-state index >= 15 is 0 Å². The molecule has 0 spiro atoms. The Morgan fingerprint density at radius 3 is 2.93 bits per heavy atom. The Balaban J connectivity index is 1.87. The summed E-state index contributed by atoms with van der Waals surface area (Å²) < 4.78 is 10.7. The highest BCUT2D eigenvalue weighted by Crippen LogP contribution is 2.45. The first-order valence-corrected chi connectivity index (χ1v) is 6.12. The third-order valence-corrected chi connectivity index (χ3v) is 4.43. The van der Waals surface area contributed by atoms with Gasteiger partial charge in [0.15, 0.2) is 11.5 Å². The fourth-order valence-corrected chi connectivity index (χ4v) is 3.16. The lowest BCUT2D eigenvalue weighted by Gasteiger charge is -2.36. The Morgan fingerprint density at radius 2 is 2.20 bits per heavy atom. The van der Waals surface area contributed by atoms with Gasteiger partial charge < -0.3 is 14.8 Å². The summed E-state index contributed by atoms with van der Waals surface area (Å²) in [4.78, 5) is 0. The molecule has 1 fully saturated rings. The second-order valence-corrected chi connectivity index (χ2v) is 4.94. The summed E-state index contributed by atoms with van der Waals surface area (Å²) in [7, 11) is 2.02. The molecule has 1 N–H and O–H groups in total. The molecule has 0 aromatic heterocycles. The van der Waals surface area contributed by atoms with E-state index in [1.165, 1.54) is 11.3 Å². The summed E-state index contributed by atoms with van der Waals surface area (Å²) >= 11 is 1.98. The van der Waals surface area contributed by atoms with E-state index in [9.17, 15) is 0 Å². The van der Waals surface area contributed by atoms with Crippen LogP contribution < -0.4 is 14.8 Å². The van der Waals surface area contributed by atoms with Crippen LogP contribution in [0, 0.1) is 0 Å². The maximum atomic E-state index is 5.37. The maximum Gasteiger partial charge on any atom is 0.231 e. The monoisotopic (exact) mass is 223 g/mol. The quantitative estimate of drug-likeness (QED) is 0.828. The number of hydrogen-bond donors (Lipinski definition) is 1. The van der Waals surface area contributed by atoms with E-state index in [1.807, 2.05) is 24.9 Å². The van der Waals surface area contributed by atoms with Crippen LogP contribution in [-0.2, 0) is 0 Å². The third-order valence-electron chi connectivity index (χ3n) is 2.92. The van der Waals surface area contributed by atoms with Gasteiger partial charge in [0.05, 0.1) is 0 Å². The number of rotatable bonds is 2. The van der Waals surface area contributed by atoms with Crippen molar-refractivity contribution in [1.82, 2.24) is 5.32 Å². The summed E-state index contributed by atoms with van der Waals surface area (Å²) in [5.41, 5.74) is 1.33. The van der Waals surface area contributed by atoms with Crippen LogP contribution in [0.15, 0.2) is 18.2 Å². The first kappa shape index (κ1) is 9.36. The molecule has 3 rings (SSSR count). The zero-order chi connectivity index (χ0) is 10.3. The van der Waals surface area contributed by atoms with Gasteiger partial charge in [-0.05, 0) is 24.7 Å². The van der Waals surface area contributed by atoms with Crippen LogP contribution in [0.3, 0.4) is 0 Å². The van der Waals surface area contributed by atoms with Gasteiger partial charge in [0.2, 0.25) is 6.79 Å². The standard InChI is InChI=1S/C11H13NO2S/c1-12-8-5-15-11(8)7-2-3-9-10(4-7)14-6-13-9/h2-4,8,11-12H,5-6H2,1H3. The molecule has 0 aliphatic carbocycles. The van der Waals surface area contributed by atoms with Crippen molar-refractivity contribution in [3.8, 4) is 11.5 Å². The van der Waals surface area contributed by atoms with Crippen molar-refractivity contribution in [2.24, 2.45) is 0 Å². The van der Waals surface area contributed by atoms with Crippen LogP contribution in [0.5, 0.6) is 11.5 Å². The fraction of sp³-hybridized carbons (Fsp3) is 0.455. The number of nitrogens with one attached hydrogen (secondary N) is 1. The smallest absolute Gasteiger partial charge is 0.231 e. The van der Waals surface area contributed by atoms with Crippen molar-refractivity contribution in [1.29, 1.82) is 0 Å². The van der Waals surface area contributed by atoms with Gasteiger partial charge in [0, 0.05) is 17.0 Å². The van der Waals surface area contributed by atoms with Crippen LogP contribution in [0.4, 0.5) is 0 Å². The molecule has 0 saturated carbocycles. The lowest BCUT2D eigenvalue weighted by molar-refractivity contribution is 0.174. The molecule has 0 bridgehead atoms. The van der Waals surface area contributed by atoms with Gasteiger partial charge in [0.25, 0.3) is 0 Å². The van der Waals surface area contributed by atoms with Crippen LogP contribution >= 0.6 is 11.8 Å². The van der Waals surface area contributed by atoms with E-state index in [-0.39, 0.29) is 0 Å². The average Bonchev–Trinajstić information content (AvgIpc) is 2.64. The summed E-state index contributed by atoms with van der Waals surface area (Å²) in [6.45, 7) is 0.353. The lowest BCUT2D eigenvalue weighted by Crippen LogP contribution is -2.40. The average molecular weight is 223 g/mol. The maximum absolute atomic E-state index is 5.37. The predicted octanol–water partition coefficient (Wildman–Crippen LogP) is 1.79. The van der Waals surface area contributed by atoms with Gasteiger partial charge in [-0.1, -0.05) is 6.07 Å². The first-order chi connectivity index (χ1) is 7.38. The highest BCUT2D eigenvalue weighted by Gasteiger charge is 2.32. The molecule has 15 heavy (non-hydrogen) atoms. The minimum atomic E-state index is 0.353.